The molecule has 0 aliphatic carbocycles. The third-order valence-corrected chi connectivity index (χ3v) is 7.31. The van der Waals surface area contributed by atoms with Gasteiger partial charge in [-0.25, -0.2) is 8.42 Å². The van der Waals surface area contributed by atoms with Crippen LogP contribution in [0.1, 0.15) is 50.8 Å². The smallest absolute Gasteiger partial charge is 0.244 e. The Morgan fingerprint density at radius 3 is 2.11 bits per heavy atom. The second-order valence-electron chi connectivity index (χ2n) is 9.93. The number of aryl methyl sites for hydroxylation is 2. The quantitative estimate of drug-likeness (QED) is 0.466. The predicted molar refractivity (Wildman–Crippen MR) is 147 cm³/mol. The Morgan fingerprint density at radius 2 is 1.64 bits per heavy atom. The maximum absolute atomic E-state index is 13.8. The molecule has 0 saturated heterocycles. The fraction of sp³-hybridized carbons (Fsp3) is 0.462. The second kappa shape index (κ2) is 11.8. The number of rotatable bonds is 9. The number of carbonyl (C=O) groups excluding carboxylic acids is 2. The molecule has 0 unspecified atom stereocenters. The number of benzene rings is 2. The van der Waals surface area contributed by atoms with Gasteiger partial charge < -0.3 is 10.2 Å². The first-order chi connectivity index (χ1) is 16.5. The van der Waals surface area contributed by atoms with Crippen molar-refractivity contribution in [2.24, 2.45) is 0 Å². The van der Waals surface area contributed by atoms with E-state index >= 15 is 0 Å². The van der Waals surface area contributed by atoms with Gasteiger partial charge in [-0.2, -0.15) is 0 Å². The molecule has 2 rings (SSSR count). The summed E-state index contributed by atoms with van der Waals surface area (Å²) in [7, 11) is -3.82. The summed E-state index contributed by atoms with van der Waals surface area (Å²) in [6.07, 6.45) is 1.39. The molecule has 0 aliphatic heterocycles. The van der Waals surface area contributed by atoms with Crippen LogP contribution >= 0.6 is 23.2 Å². The van der Waals surface area contributed by atoms with E-state index in [0.717, 1.165) is 21.7 Å². The number of hydrogen-bond acceptors (Lipinski definition) is 4. The SMILES string of the molecule is CC[C@@H](C(=O)NC(C)(C)C)N(Cc1ccc(Cl)cc1Cl)C(=O)CN(c1c(C)cccc1C)S(C)(=O)=O. The van der Waals surface area contributed by atoms with Crippen LogP contribution < -0.4 is 9.62 Å². The zero-order chi connectivity index (χ0) is 27.4. The summed E-state index contributed by atoms with van der Waals surface area (Å²) in [5.41, 5.74) is 1.96. The van der Waals surface area contributed by atoms with Crippen LogP contribution in [-0.4, -0.2) is 49.5 Å². The normalized spacial score (nSPS) is 12.7. The number of halogens is 2. The van der Waals surface area contributed by atoms with Crippen molar-refractivity contribution in [1.29, 1.82) is 0 Å². The molecule has 0 spiro atoms. The molecule has 0 aromatic heterocycles. The molecular weight excluding hydrogens is 521 g/mol. The zero-order valence-electron chi connectivity index (χ0n) is 21.9. The Hall–Kier alpha value is -2.29. The van der Waals surface area contributed by atoms with Gasteiger partial charge in [0.2, 0.25) is 21.8 Å². The highest BCUT2D eigenvalue weighted by Gasteiger charge is 2.34. The summed E-state index contributed by atoms with van der Waals surface area (Å²) in [5, 5.41) is 3.72. The molecule has 10 heteroatoms. The van der Waals surface area contributed by atoms with Crippen LogP contribution in [-0.2, 0) is 26.2 Å². The van der Waals surface area contributed by atoms with Crippen LogP contribution in [0.2, 0.25) is 10.0 Å². The van der Waals surface area contributed by atoms with Crippen molar-refractivity contribution in [3.8, 4) is 0 Å². The minimum absolute atomic E-state index is 0.00919. The first kappa shape index (κ1) is 29.9. The number of nitrogens with zero attached hydrogens (tertiary/aromatic N) is 2. The monoisotopic (exact) mass is 555 g/mol. The number of anilines is 1. The van der Waals surface area contributed by atoms with Crippen LogP contribution in [0.4, 0.5) is 5.69 Å². The first-order valence-corrected chi connectivity index (χ1v) is 14.2. The second-order valence-corrected chi connectivity index (χ2v) is 12.7. The first-order valence-electron chi connectivity index (χ1n) is 11.6. The molecule has 0 radical (unpaired) electrons. The molecule has 0 bridgehead atoms. The lowest BCUT2D eigenvalue weighted by Crippen LogP contribution is -2.55. The van der Waals surface area contributed by atoms with E-state index in [2.05, 4.69) is 5.32 Å². The maximum atomic E-state index is 13.8. The van der Waals surface area contributed by atoms with Crippen LogP contribution in [0.15, 0.2) is 36.4 Å². The van der Waals surface area contributed by atoms with Gasteiger partial charge in [-0.3, -0.25) is 13.9 Å². The zero-order valence-corrected chi connectivity index (χ0v) is 24.2. The highest BCUT2D eigenvalue weighted by Crippen LogP contribution is 2.28. The third kappa shape index (κ3) is 7.85. The van der Waals surface area contributed by atoms with Gasteiger partial charge in [-0.05, 0) is 69.9 Å². The molecule has 1 N–H and O–H groups in total. The van der Waals surface area contributed by atoms with Gasteiger partial charge in [-0.15, -0.1) is 0 Å². The lowest BCUT2D eigenvalue weighted by Gasteiger charge is -2.35. The number of para-hydroxylation sites is 1. The fourth-order valence-electron chi connectivity index (χ4n) is 3.98. The number of carbonyl (C=O) groups is 2. The van der Waals surface area contributed by atoms with E-state index in [1.165, 1.54) is 4.90 Å². The van der Waals surface area contributed by atoms with Gasteiger partial charge in [0.1, 0.15) is 12.6 Å². The van der Waals surface area contributed by atoms with Crippen molar-refractivity contribution >= 4 is 50.7 Å². The van der Waals surface area contributed by atoms with Crippen LogP contribution in [0.3, 0.4) is 0 Å². The van der Waals surface area contributed by atoms with Crippen molar-refractivity contribution < 1.29 is 18.0 Å². The van der Waals surface area contributed by atoms with Gasteiger partial charge in [0.05, 0.1) is 11.9 Å². The number of amides is 2. The Morgan fingerprint density at radius 1 is 1.06 bits per heavy atom. The summed E-state index contributed by atoms with van der Waals surface area (Å²) in [6, 6.07) is 9.48. The summed E-state index contributed by atoms with van der Waals surface area (Å²) in [4.78, 5) is 28.4. The van der Waals surface area contributed by atoms with Crippen molar-refractivity contribution in [3.05, 3.63) is 63.1 Å². The maximum Gasteiger partial charge on any atom is 0.244 e. The molecule has 36 heavy (non-hydrogen) atoms. The highest BCUT2D eigenvalue weighted by atomic mass is 35.5. The minimum Gasteiger partial charge on any atom is -0.350 e. The average Bonchev–Trinajstić information content (AvgIpc) is 2.72. The van der Waals surface area contributed by atoms with Crippen LogP contribution in [0.5, 0.6) is 0 Å². The van der Waals surface area contributed by atoms with Crippen molar-refractivity contribution in [1.82, 2.24) is 10.2 Å². The van der Waals surface area contributed by atoms with E-state index in [-0.39, 0.29) is 12.5 Å². The van der Waals surface area contributed by atoms with E-state index in [1.54, 1.807) is 51.1 Å². The van der Waals surface area contributed by atoms with Gasteiger partial charge in [-0.1, -0.05) is 54.4 Å². The molecule has 1 atom stereocenters. The van der Waals surface area contributed by atoms with Crippen LogP contribution in [0.25, 0.3) is 0 Å². The van der Waals surface area contributed by atoms with Gasteiger partial charge in [0.15, 0.2) is 0 Å². The van der Waals surface area contributed by atoms with Crippen molar-refractivity contribution in [3.63, 3.8) is 0 Å². The summed E-state index contributed by atoms with van der Waals surface area (Å²) < 4.78 is 26.8. The number of hydrogen-bond donors (Lipinski definition) is 1. The summed E-state index contributed by atoms with van der Waals surface area (Å²) in [6.45, 7) is 10.5. The standard InChI is InChI=1S/C26H35Cl2N3O4S/c1-8-22(25(33)29-26(4,5)6)30(15-19-12-13-20(27)14-21(19)28)23(32)16-31(36(7,34)35)24-17(2)10-9-11-18(24)3/h9-14,22H,8,15-16H2,1-7H3,(H,29,33)/t22-/m0/s1. The summed E-state index contributed by atoms with van der Waals surface area (Å²) >= 11 is 12.4. The molecule has 2 amide bonds. The molecule has 2 aromatic carbocycles. The van der Waals surface area contributed by atoms with Gasteiger partial charge in [0.25, 0.3) is 0 Å². The average molecular weight is 557 g/mol. The molecule has 198 valence electrons. The summed E-state index contributed by atoms with van der Waals surface area (Å²) in [5.74, 6) is -0.855. The molecule has 0 heterocycles. The third-order valence-electron chi connectivity index (χ3n) is 5.61. The highest BCUT2D eigenvalue weighted by molar-refractivity contribution is 7.92. The van der Waals surface area contributed by atoms with Crippen molar-refractivity contribution in [2.45, 2.75) is 66.1 Å². The van der Waals surface area contributed by atoms with E-state index in [1.807, 2.05) is 26.8 Å². The Labute approximate surface area is 224 Å². The number of nitrogens with one attached hydrogen (secondary N) is 1. The van der Waals surface area contributed by atoms with E-state index < -0.39 is 34.1 Å². The Bertz CT molecular complexity index is 1210. The van der Waals surface area contributed by atoms with E-state index in [0.29, 0.717) is 27.7 Å². The molecular formula is C26H35Cl2N3O4S. The molecule has 0 aliphatic rings. The lowest BCUT2D eigenvalue weighted by atomic mass is 10.1. The van der Waals surface area contributed by atoms with Crippen molar-refractivity contribution in [2.75, 3.05) is 17.1 Å². The van der Waals surface area contributed by atoms with Crippen LogP contribution in [0, 0.1) is 13.8 Å². The van der Waals surface area contributed by atoms with E-state index in [4.69, 9.17) is 23.2 Å². The number of sulfonamides is 1. The minimum atomic E-state index is -3.82. The Balaban J connectivity index is 2.55. The molecule has 2 aromatic rings. The Kier molecular flexibility index (Phi) is 9.84. The van der Waals surface area contributed by atoms with Gasteiger partial charge in [0, 0.05) is 22.1 Å². The molecule has 7 nitrogen and oxygen atoms in total. The van der Waals surface area contributed by atoms with Gasteiger partial charge >= 0.3 is 0 Å². The lowest BCUT2D eigenvalue weighted by molar-refractivity contribution is -0.141. The largest absolute Gasteiger partial charge is 0.350 e. The van der Waals surface area contributed by atoms with E-state index in [9.17, 15) is 18.0 Å². The topological polar surface area (TPSA) is 86.8 Å². The molecule has 0 fully saturated rings. The fourth-order valence-corrected chi connectivity index (χ4v) is 5.41. The molecule has 0 saturated carbocycles. The predicted octanol–water partition coefficient (Wildman–Crippen LogP) is 5.10.